The van der Waals surface area contributed by atoms with Crippen LogP contribution in [0.1, 0.15) is 34.1 Å². The molecule has 5 heteroatoms. The molecule has 0 aliphatic heterocycles. The summed E-state index contributed by atoms with van der Waals surface area (Å²) in [6.07, 6.45) is 0.163. The lowest BCUT2D eigenvalue weighted by Crippen LogP contribution is -2.63. The van der Waals surface area contributed by atoms with Gasteiger partial charge in [0.2, 0.25) is 23.1 Å². The van der Waals surface area contributed by atoms with Gasteiger partial charge in [0.15, 0.2) is 0 Å². The minimum atomic E-state index is -1.93. The highest BCUT2D eigenvalue weighted by Gasteiger charge is 2.51. The van der Waals surface area contributed by atoms with Gasteiger partial charge in [0.1, 0.15) is 0 Å². The van der Waals surface area contributed by atoms with Crippen molar-refractivity contribution in [3.63, 3.8) is 0 Å². The van der Waals surface area contributed by atoms with Crippen LogP contribution in [0.15, 0.2) is 24.3 Å². The number of hydrogen-bond donors (Lipinski definition) is 2. The quantitative estimate of drug-likeness (QED) is 0.565. The smallest absolute Gasteiger partial charge is 0.221 e. The molecule has 0 fully saturated rings. The Morgan fingerprint density at radius 1 is 1.24 bits per heavy atom. The van der Waals surface area contributed by atoms with Crippen LogP contribution in [0, 0.1) is 0 Å². The molecule has 0 aromatic heterocycles. The van der Waals surface area contributed by atoms with Crippen LogP contribution >= 0.6 is 0 Å². The van der Waals surface area contributed by atoms with Gasteiger partial charge in [-0.15, -0.1) is 0 Å². The van der Waals surface area contributed by atoms with E-state index in [1.165, 1.54) is 12.1 Å². The van der Waals surface area contributed by atoms with Crippen molar-refractivity contribution in [1.29, 1.82) is 0 Å². The number of amides is 1. The number of carbonyl (C=O) groups is 3. The second-order valence-corrected chi connectivity index (χ2v) is 3.91. The molecule has 1 aromatic carbocycles. The Labute approximate surface area is 98.0 Å². The van der Waals surface area contributed by atoms with Crippen LogP contribution in [0.5, 0.6) is 0 Å². The molecular weight excluding hydrogens is 220 g/mol. The maximum Gasteiger partial charge on any atom is 0.221 e. The summed E-state index contributed by atoms with van der Waals surface area (Å²) in [4.78, 5) is 35.4. The Hall–Kier alpha value is -2.01. The van der Waals surface area contributed by atoms with Crippen LogP contribution in [0.3, 0.4) is 0 Å². The number of ketones is 2. The van der Waals surface area contributed by atoms with E-state index in [0.717, 1.165) is 0 Å². The Morgan fingerprint density at radius 2 is 1.71 bits per heavy atom. The Morgan fingerprint density at radius 3 is 2.12 bits per heavy atom. The molecule has 5 nitrogen and oxygen atoms in total. The molecule has 1 amide bonds. The third-order valence-electron chi connectivity index (χ3n) is 2.79. The van der Waals surface area contributed by atoms with Gasteiger partial charge in [-0.05, 0) is 0 Å². The standard InChI is InChI=1S/C12H12N2O3/c1-2-9(15)14-12(13)10(16)7-5-3-4-6-8(7)11(12)17/h3-6H,2,13H2,1H3,(H,14,15). The number of Topliss-reactive ketones (excluding diaryl/α,β-unsaturated/α-hetero) is 2. The third kappa shape index (κ3) is 1.55. The molecule has 0 spiro atoms. The summed E-state index contributed by atoms with van der Waals surface area (Å²) >= 11 is 0. The molecule has 0 bridgehead atoms. The Balaban J connectivity index is 2.45. The van der Waals surface area contributed by atoms with Gasteiger partial charge in [-0.2, -0.15) is 0 Å². The van der Waals surface area contributed by atoms with Crippen molar-refractivity contribution in [3.05, 3.63) is 35.4 Å². The van der Waals surface area contributed by atoms with E-state index in [-0.39, 0.29) is 17.5 Å². The average molecular weight is 232 g/mol. The third-order valence-corrected chi connectivity index (χ3v) is 2.79. The number of nitrogens with two attached hydrogens (primary N) is 1. The van der Waals surface area contributed by atoms with Gasteiger partial charge < -0.3 is 5.32 Å². The summed E-state index contributed by atoms with van der Waals surface area (Å²) in [5.74, 6) is -1.54. The summed E-state index contributed by atoms with van der Waals surface area (Å²) in [7, 11) is 0. The maximum atomic E-state index is 12.0. The summed E-state index contributed by atoms with van der Waals surface area (Å²) in [6.45, 7) is 1.62. The minimum absolute atomic E-state index is 0.163. The van der Waals surface area contributed by atoms with Crippen LogP contribution in [-0.4, -0.2) is 23.1 Å². The number of hydrogen-bond acceptors (Lipinski definition) is 4. The lowest BCUT2D eigenvalue weighted by Gasteiger charge is -2.21. The van der Waals surface area contributed by atoms with E-state index >= 15 is 0 Å². The van der Waals surface area contributed by atoms with Crippen LogP contribution in [-0.2, 0) is 4.79 Å². The summed E-state index contributed by atoms with van der Waals surface area (Å²) < 4.78 is 0. The molecule has 17 heavy (non-hydrogen) atoms. The maximum absolute atomic E-state index is 12.0. The molecule has 2 rings (SSSR count). The molecule has 0 unspecified atom stereocenters. The highest BCUT2D eigenvalue weighted by molar-refractivity contribution is 6.33. The van der Waals surface area contributed by atoms with E-state index in [0.29, 0.717) is 0 Å². The molecule has 0 heterocycles. The molecule has 0 saturated carbocycles. The largest absolute Gasteiger partial charge is 0.325 e. The zero-order valence-electron chi connectivity index (χ0n) is 9.32. The molecule has 1 aliphatic rings. The lowest BCUT2D eigenvalue weighted by atomic mass is 10.1. The van der Waals surface area contributed by atoms with E-state index in [1.807, 2.05) is 0 Å². The van der Waals surface area contributed by atoms with Gasteiger partial charge in [0, 0.05) is 17.5 Å². The number of nitrogens with one attached hydrogen (secondary N) is 1. The molecule has 1 aliphatic carbocycles. The van der Waals surface area contributed by atoms with Crippen molar-refractivity contribution in [2.75, 3.05) is 0 Å². The predicted octanol–water partition coefficient (Wildman–Crippen LogP) is 0.247. The van der Waals surface area contributed by atoms with E-state index in [4.69, 9.17) is 5.73 Å². The van der Waals surface area contributed by atoms with Gasteiger partial charge in [-0.3, -0.25) is 20.1 Å². The number of rotatable bonds is 2. The zero-order valence-corrected chi connectivity index (χ0v) is 9.32. The molecule has 0 saturated heterocycles. The van der Waals surface area contributed by atoms with Gasteiger partial charge in [0.25, 0.3) is 0 Å². The van der Waals surface area contributed by atoms with Gasteiger partial charge in [-0.25, -0.2) is 0 Å². The van der Waals surface area contributed by atoms with E-state index < -0.39 is 23.1 Å². The van der Waals surface area contributed by atoms with Crippen molar-refractivity contribution in [3.8, 4) is 0 Å². The Kier molecular flexibility index (Phi) is 2.55. The number of carbonyl (C=O) groups excluding carboxylic acids is 3. The van der Waals surface area contributed by atoms with Gasteiger partial charge in [0.05, 0.1) is 0 Å². The molecular formula is C12H12N2O3. The topological polar surface area (TPSA) is 89.3 Å². The summed E-state index contributed by atoms with van der Waals surface area (Å²) in [5, 5.41) is 2.29. The first-order chi connectivity index (χ1) is 8.00. The highest BCUT2D eigenvalue weighted by Crippen LogP contribution is 2.26. The van der Waals surface area contributed by atoms with Crippen molar-refractivity contribution < 1.29 is 14.4 Å². The number of benzene rings is 1. The zero-order chi connectivity index (χ0) is 12.6. The first-order valence-corrected chi connectivity index (χ1v) is 5.29. The first-order valence-electron chi connectivity index (χ1n) is 5.29. The van der Waals surface area contributed by atoms with E-state index in [2.05, 4.69) is 5.32 Å². The predicted molar refractivity (Wildman–Crippen MR) is 60.5 cm³/mol. The lowest BCUT2D eigenvalue weighted by molar-refractivity contribution is -0.121. The molecule has 88 valence electrons. The van der Waals surface area contributed by atoms with Crippen molar-refractivity contribution in [2.24, 2.45) is 5.73 Å². The van der Waals surface area contributed by atoms with Crippen molar-refractivity contribution >= 4 is 17.5 Å². The molecule has 0 radical (unpaired) electrons. The highest BCUT2D eigenvalue weighted by atomic mass is 16.2. The normalized spacial score (nSPS) is 16.8. The monoisotopic (exact) mass is 232 g/mol. The van der Waals surface area contributed by atoms with Crippen LogP contribution < -0.4 is 11.1 Å². The molecule has 0 atom stereocenters. The Bertz CT molecular complexity index is 487. The average Bonchev–Trinajstić information content (AvgIpc) is 2.53. The van der Waals surface area contributed by atoms with Crippen LogP contribution in [0.4, 0.5) is 0 Å². The summed E-state index contributed by atoms with van der Waals surface area (Å²) in [6, 6.07) is 6.36. The van der Waals surface area contributed by atoms with Crippen molar-refractivity contribution in [2.45, 2.75) is 19.0 Å². The number of fused-ring (bicyclic) bond motifs is 1. The second kappa shape index (κ2) is 3.78. The van der Waals surface area contributed by atoms with Crippen LogP contribution in [0.2, 0.25) is 0 Å². The molecule has 3 N–H and O–H groups in total. The van der Waals surface area contributed by atoms with Crippen LogP contribution in [0.25, 0.3) is 0 Å². The van der Waals surface area contributed by atoms with E-state index in [1.54, 1.807) is 19.1 Å². The fourth-order valence-corrected chi connectivity index (χ4v) is 1.83. The fraction of sp³-hybridized carbons (Fsp3) is 0.250. The first kappa shape index (κ1) is 11.5. The van der Waals surface area contributed by atoms with Crippen molar-refractivity contribution in [1.82, 2.24) is 5.32 Å². The summed E-state index contributed by atoms with van der Waals surface area (Å²) in [5.41, 5.74) is 4.33. The van der Waals surface area contributed by atoms with Gasteiger partial charge in [-0.1, -0.05) is 31.2 Å². The van der Waals surface area contributed by atoms with Gasteiger partial charge >= 0.3 is 0 Å². The minimum Gasteiger partial charge on any atom is -0.325 e. The van der Waals surface area contributed by atoms with E-state index in [9.17, 15) is 14.4 Å². The fourth-order valence-electron chi connectivity index (χ4n) is 1.83. The SMILES string of the molecule is CCC(=O)NC1(N)C(=O)c2ccccc2C1=O. The second-order valence-electron chi connectivity index (χ2n) is 3.91. The molecule has 1 aromatic rings.